The van der Waals surface area contributed by atoms with Gasteiger partial charge in [0.15, 0.2) is 0 Å². The van der Waals surface area contributed by atoms with Gasteiger partial charge in [0, 0.05) is 5.54 Å². The van der Waals surface area contributed by atoms with E-state index in [-0.39, 0.29) is 5.54 Å². The molecule has 106 valence electrons. The molecular formula is C16H24BrNO. The Kier molecular flexibility index (Phi) is 4.91. The Morgan fingerprint density at radius 3 is 2.89 bits per heavy atom. The van der Waals surface area contributed by atoms with Gasteiger partial charge in [0.05, 0.1) is 11.6 Å². The summed E-state index contributed by atoms with van der Waals surface area (Å²) >= 11 is 3.55. The molecule has 1 aromatic rings. The van der Waals surface area contributed by atoms with Gasteiger partial charge >= 0.3 is 0 Å². The Hall–Kier alpha value is -0.540. The number of ether oxygens (including phenoxy) is 1. The van der Waals surface area contributed by atoms with Gasteiger partial charge < -0.3 is 10.5 Å². The number of nitrogens with two attached hydrogens (primary N) is 1. The highest BCUT2D eigenvalue weighted by Crippen LogP contribution is 2.35. The van der Waals surface area contributed by atoms with Gasteiger partial charge in [0.2, 0.25) is 0 Å². The number of hydrogen-bond acceptors (Lipinski definition) is 2. The average molecular weight is 326 g/mol. The van der Waals surface area contributed by atoms with Crippen LogP contribution in [0, 0.1) is 5.92 Å². The zero-order valence-corrected chi connectivity index (χ0v) is 13.5. The van der Waals surface area contributed by atoms with Crippen LogP contribution >= 0.6 is 15.9 Å². The molecule has 2 nitrogen and oxygen atoms in total. The summed E-state index contributed by atoms with van der Waals surface area (Å²) in [5.74, 6) is 1.69. The Morgan fingerprint density at radius 1 is 1.47 bits per heavy atom. The molecule has 0 saturated heterocycles. The zero-order chi connectivity index (χ0) is 13.9. The molecule has 1 saturated carbocycles. The highest BCUT2D eigenvalue weighted by atomic mass is 79.9. The zero-order valence-electron chi connectivity index (χ0n) is 11.9. The second kappa shape index (κ2) is 6.27. The van der Waals surface area contributed by atoms with Gasteiger partial charge in [0.25, 0.3) is 0 Å². The van der Waals surface area contributed by atoms with Crippen LogP contribution < -0.4 is 10.5 Å². The van der Waals surface area contributed by atoms with Gasteiger partial charge in [-0.25, -0.2) is 0 Å². The molecule has 0 aromatic heterocycles. The minimum absolute atomic E-state index is 0.0209. The van der Waals surface area contributed by atoms with Crippen LogP contribution in [0.1, 0.15) is 44.6 Å². The fraction of sp³-hybridized carbons (Fsp3) is 0.625. The smallest absolute Gasteiger partial charge is 0.133 e. The van der Waals surface area contributed by atoms with Crippen molar-refractivity contribution in [3.8, 4) is 5.75 Å². The largest absolute Gasteiger partial charge is 0.496 e. The van der Waals surface area contributed by atoms with Crippen LogP contribution in [0.3, 0.4) is 0 Å². The summed E-state index contributed by atoms with van der Waals surface area (Å²) in [5, 5.41) is 0. The van der Waals surface area contributed by atoms with E-state index in [0.717, 1.165) is 35.4 Å². The van der Waals surface area contributed by atoms with Crippen LogP contribution in [0.5, 0.6) is 5.75 Å². The standard InChI is InChI=1S/C16H24BrNO/c1-3-12-5-4-8-16(18,10-12)11-13-6-7-15(19-2)14(17)9-13/h6-7,9,12H,3-5,8,10-11,18H2,1-2H3. The molecule has 0 aliphatic heterocycles. The first-order valence-corrected chi connectivity index (χ1v) is 7.97. The molecule has 2 rings (SSSR count). The van der Waals surface area contributed by atoms with E-state index in [0.29, 0.717) is 0 Å². The minimum Gasteiger partial charge on any atom is -0.496 e. The normalized spacial score (nSPS) is 27.3. The van der Waals surface area contributed by atoms with Gasteiger partial charge in [-0.05, 0) is 58.8 Å². The van der Waals surface area contributed by atoms with E-state index in [4.69, 9.17) is 10.5 Å². The molecule has 3 heteroatoms. The Bertz CT molecular complexity index is 435. The molecule has 0 radical (unpaired) electrons. The van der Waals surface area contributed by atoms with Crippen molar-refractivity contribution < 1.29 is 4.74 Å². The lowest BCUT2D eigenvalue weighted by atomic mass is 9.72. The van der Waals surface area contributed by atoms with Gasteiger partial charge in [0.1, 0.15) is 5.75 Å². The quantitative estimate of drug-likeness (QED) is 0.895. The second-order valence-corrected chi connectivity index (χ2v) is 6.73. The lowest BCUT2D eigenvalue weighted by molar-refractivity contribution is 0.218. The average Bonchev–Trinajstić information content (AvgIpc) is 2.38. The van der Waals surface area contributed by atoms with E-state index in [9.17, 15) is 0 Å². The van der Waals surface area contributed by atoms with Crippen molar-refractivity contribution in [1.82, 2.24) is 0 Å². The van der Waals surface area contributed by atoms with Crippen LogP contribution in [-0.4, -0.2) is 12.6 Å². The molecule has 0 heterocycles. The molecule has 1 aliphatic carbocycles. The molecule has 2 atom stereocenters. The summed E-state index contributed by atoms with van der Waals surface area (Å²) in [6.45, 7) is 2.28. The number of methoxy groups -OCH3 is 1. The first kappa shape index (κ1) is 14.9. The van der Waals surface area contributed by atoms with Crippen LogP contribution in [0.4, 0.5) is 0 Å². The summed E-state index contributed by atoms with van der Waals surface area (Å²) in [6.07, 6.45) is 7.14. The van der Waals surface area contributed by atoms with E-state index >= 15 is 0 Å². The third-order valence-electron chi connectivity index (χ3n) is 4.33. The summed E-state index contributed by atoms with van der Waals surface area (Å²) in [7, 11) is 1.69. The van der Waals surface area contributed by atoms with Crippen LogP contribution in [-0.2, 0) is 6.42 Å². The monoisotopic (exact) mass is 325 g/mol. The van der Waals surface area contributed by atoms with Crippen molar-refractivity contribution in [2.24, 2.45) is 11.7 Å². The fourth-order valence-corrected chi connectivity index (χ4v) is 3.85. The second-order valence-electron chi connectivity index (χ2n) is 5.88. The van der Waals surface area contributed by atoms with E-state index in [1.807, 2.05) is 6.07 Å². The lowest BCUT2D eigenvalue weighted by Crippen LogP contribution is -2.46. The van der Waals surface area contributed by atoms with Gasteiger partial charge in [-0.1, -0.05) is 32.3 Å². The summed E-state index contributed by atoms with van der Waals surface area (Å²) in [5.41, 5.74) is 7.91. The maximum Gasteiger partial charge on any atom is 0.133 e. The topological polar surface area (TPSA) is 35.2 Å². The molecule has 2 unspecified atom stereocenters. The maximum atomic E-state index is 6.63. The number of benzene rings is 1. The SMILES string of the molecule is CCC1CCCC(N)(Cc2ccc(OC)c(Br)c2)C1. The third kappa shape index (κ3) is 3.73. The highest BCUT2D eigenvalue weighted by Gasteiger charge is 2.32. The third-order valence-corrected chi connectivity index (χ3v) is 4.95. The lowest BCUT2D eigenvalue weighted by Gasteiger charge is -2.38. The number of rotatable bonds is 4. The Balaban J connectivity index is 2.09. The van der Waals surface area contributed by atoms with E-state index in [1.54, 1.807) is 7.11 Å². The van der Waals surface area contributed by atoms with Gasteiger partial charge in [-0.15, -0.1) is 0 Å². The molecular weight excluding hydrogens is 302 g/mol. The van der Waals surface area contributed by atoms with E-state index in [1.165, 1.54) is 24.8 Å². The molecule has 2 N–H and O–H groups in total. The fourth-order valence-electron chi connectivity index (χ4n) is 3.26. The molecule has 0 bridgehead atoms. The van der Waals surface area contributed by atoms with Crippen molar-refractivity contribution in [2.45, 2.75) is 51.0 Å². The van der Waals surface area contributed by atoms with Gasteiger partial charge in [-0.3, -0.25) is 0 Å². The highest BCUT2D eigenvalue weighted by molar-refractivity contribution is 9.10. The summed E-state index contributed by atoms with van der Waals surface area (Å²) in [6, 6.07) is 6.29. The van der Waals surface area contributed by atoms with Crippen molar-refractivity contribution in [2.75, 3.05) is 7.11 Å². The predicted molar refractivity (Wildman–Crippen MR) is 83.6 cm³/mol. The number of halogens is 1. The molecule has 1 fully saturated rings. The molecule has 1 aliphatic rings. The van der Waals surface area contributed by atoms with Crippen molar-refractivity contribution >= 4 is 15.9 Å². The maximum absolute atomic E-state index is 6.63. The summed E-state index contributed by atoms with van der Waals surface area (Å²) in [4.78, 5) is 0. The summed E-state index contributed by atoms with van der Waals surface area (Å²) < 4.78 is 6.28. The van der Waals surface area contributed by atoms with E-state index < -0.39 is 0 Å². The minimum atomic E-state index is -0.0209. The van der Waals surface area contributed by atoms with E-state index in [2.05, 4.69) is 35.0 Å². The number of hydrogen-bond donors (Lipinski definition) is 1. The Morgan fingerprint density at radius 2 is 2.26 bits per heavy atom. The molecule has 0 spiro atoms. The van der Waals surface area contributed by atoms with Gasteiger partial charge in [-0.2, -0.15) is 0 Å². The van der Waals surface area contributed by atoms with Crippen LogP contribution in [0.2, 0.25) is 0 Å². The van der Waals surface area contributed by atoms with Crippen LogP contribution in [0.15, 0.2) is 22.7 Å². The molecule has 19 heavy (non-hydrogen) atoms. The first-order valence-electron chi connectivity index (χ1n) is 7.17. The van der Waals surface area contributed by atoms with Crippen LogP contribution in [0.25, 0.3) is 0 Å². The predicted octanol–water partition coefficient (Wildman–Crippen LogP) is 4.30. The van der Waals surface area contributed by atoms with Crippen molar-refractivity contribution in [3.05, 3.63) is 28.2 Å². The Labute approximate surface area is 124 Å². The molecule has 0 amide bonds. The van der Waals surface area contributed by atoms with Crippen molar-refractivity contribution in [3.63, 3.8) is 0 Å². The first-order chi connectivity index (χ1) is 9.06. The molecule has 1 aromatic carbocycles. The van der Waals surface area contributed by atoms with Crippen molar-refractivity contribution in [1.29, 1.82) is 0 Å².